The molecule has 3 nitrogen and oxygen atoms in total. The van der Waals surface area contributed by atoms with Gasteiger partial charge >= 0.3 is 0 Å². The summed E-state index contributed by atoms with van der Waals surface area (Å²) in [4.78, 5) is 2.24. The van der Waals surface area contributed by atoms with Gasteiger partial charge in [0.15, 0.2) is 0 Å². The molecular formula is C13H18Cl2N2O. The predicted octanol–water partition coefficient (Wildman–Crippen LogP) is 2.15. The van der Waals surface area contributed by atoms with Gasteiger partial charge in [-0.3, -0.25) is 4.90 Å². The summed E-state index contributed by atoms with van der Waals surface area (Å²) in [7, 11) is 0. The lowest BCUT2D eigenvalue weighted by Crippen LogP contribution is -2.41. The highest BCUT2D eigenvalue weighted by Crippen LogP contribution is 2.26. The molecule has 0 bridgehead atoms. The summed E-state index contributed by atoms with van der Waals surface area (Å²) >= 11 is 12.4. The van der Waals surface area contributed by atoms with Crippen molar-refractivity contribution in [2.45, 2.75) is 19.0 Å². The summed E-state index contributed by atoms with van der Waals surface area (Å²) in [6, 6.07) is 5.68. The van der Waals surface area contributed by atoms with E-state index in [9.17, 15) is 5.11 Å². The van der Waals surface area contributed by atoms with Gasteiger partial charge in [-0.2, -0.15) is 0 Å². The Kier molecular flexibility index (Phi) is 5.27. The first-order chi connectivity index (χ1) is 8.72. The van der Waals surface area contributed by atoms with Gasteiger partial charge in [0.05, 0.1) is 6.61 Å². The van der Waals surface area contributed by atoms with Crippen molar-refractivity contribution < 1.29 is 5.11 Å². The Bertz CT molecular complexity index is 380. The van der Waals surface area contributed by atoms with E-state index in [2.05, 4.69) is 10.2 Å². The molecule has 2 N–H and O–H groups in total. The van der Waals surface area contributed by atoms with Gasteiger partial charge in [-0.05, 0) is 25.1 Å². The van der Waals surface area contributed by atoms with Gasteiger partial charge in [0.25, 0.3) is 0 Å². The van der Waals surface area contributed by atoms with Gasteiger partial charge in [0.1, 0.15) is 0 Å². The van der Waals surface area contributed by atoms with Crippen LogP contribution in [0.1, 0.15) is 12.0 Å². The molecule has 1 aliphatic rings. The van der Waals surface area contributed by atoms with Gasteiger partial charge in [0, 0.05) is 41.3 Å². The van der Waals surface area contributed by atoms with Crippen molar-refractivity contribution in [3.8, 4) is 0 Å². The Morgan fingerprint density at radius 1 is 1.33 bits per heavy atom. The highest BCUT2D eigenvalue weighted by atomic mass is 35.5. The number of rotatable bonds is 3. The normalized spacial score (nSPS) is 21.8. The third kappa shape index (κ3) is 3.37. The number of hydrogen-bond donors (Lipinski definition) is 2. The molecule has 100 valence electrons. The van der Waals surface area contributed by atoms with E-state index in [1.165, 1.54) is 0 Å². The topological polar surface area (TPSA) is 35.5 Å². The largest absolute Gasteiger partial charge is 0.395 e. The van der Waals surface area contributed by atoms with Gasteiger partial charge in [-0.25, -0.2) is 0 Å². The van der Waals surface area contributed by atoms with E-state index in [0.717, 1.165) is 31.6 Å². The lowest BCUT2D eigenvalue weighted by atomic mass is 10.1. The van der Waals surface area contributed by atoms with E-state index < -0.39 is 0 Å². The fourth-order valence-corrected chi connectivity index (χ4v) is 2.78. The van der Waals surface area contributed by atoms with Crippen LogP contribution in [0.4, 0.5) is 0 Å². The van der Waals surface area contributed by atoms with Crippen molar-refractivity contribution in [3.63, 3.8) is 0 Å². The number of nitrogens with one attached hydrogen (secondary N) is 1. The van der Waals surface area contributed by atoms with Crippen LogP contribution in [0.5, 0.6) is 0 Å². The fraction of sp³-hybridized carbons (Fsp3) is 0.538. The maximum Gasteiger partial charge on any atom is 0.0599 e. The summed E-state index contributed by atoms with van der Waals surface area (Å²) in [5.41, 5.74) is 0.946. The van der Waals surface area contributed by atoms with Crippen molar-refractivity contribution in [1.82, 2.24) is 10.2 Å². The molecule has 0 spiro atoms. The maximum absolute atomic E-state index is 9.46. The van der Waals surface area contributed by atoms with Crippen molar-refractivity contribution in [3.05, 3.63) is 33.8 Å². The zero-order chi connectivity index (χ0) is 13.0. The smallest absolute Gasteiger partial charge is 0.0599 e. The molecule has 1 heterocycles. The van der Waals surface area contributed by atoms with E-state index in [1.54, 1.807) is 0 Å². The average Bonchev–Trinajstić information content (AvgIpc) is 2.59. The molecule has 18 heavy (non-hydrogen) atoms. The number of hydrogen-bond acceptors (Lipinski definition) is 3. The maximum atomic E-state index is 9.46. The van der Waals surface area contributed by atoms with Crippen LogP contribution in [0.25, 0.3) is 0 Å². The predicted molar refractivity (Wildman–Crippen MR) is 75.2 cm³/mol. The zero-order valence-corrected chi connectivity index (χ0v) is 11.7. The molecule has 1 aliphatic heterocycles. The molecule has 1 aromatic carbocycles. The van der Waals surface area contributed by atoms with Crippen molar-refractivity contribution >= 4 is 23.2 Å². The van der Waals surface area contributed by atoms with E-state index in [4.69, 9.17) is 23.2 Å². The van der Waals surface area contributed by atoms with Crippen LogP contribution in [0.3, 0.4) is 0 Å². The first kappa shape index (κ1) is 14.1. The lowest BCUT2D eigenvalue weighted by Gasteiger charge is -2.28. The Morgan fingerprint density at radius 3 is 2.72 bits per heavy atom. The highest BCUT2D eigenvalue weighted by Gasteiger charge is 2.21. The van der Waals surface area contributed by atoms with E-state index >= 15 is 0 Å². The van der Waals surface area contributed by atoms with Crippen molar-refractivity contribution in [2.75, 3.05) is 26.2 Å². The average molecular weight is 289 g/mol. The standard InChI is InChI=1S/C13H18Cl2N2O/c14-12-3-1-4-13(15)11(12)8-17-6-2-5-16-7-10(17)9-18/h1,3-4,10,16,18H,2,5-9H2. The molecule has 0 saturated carbocycles. The van der Waals surface area contributed by atoms with Crippen molar-refractivity contribution in [1.29, 1.82) is 0 Å². The van der Waals surface area contributed by atoms with Crippen LogP contribution in [-0.2, 0) is 6.54 Å². The second-order valence-corrected chi connectivity index (χ2v) is 5.38. The molecule has 1 unspecified atom stereocenters. The third-order valence-electron chi connectivity index (χ3n) is 3.33. The zero-order valence-electron chi connectivity index (χ0n) is 10.2. The summed E-state index contributed by atoms with van der Waals surface area (Å²) < 4.78 is 0. The lowest BCUT2D eigenvalue weighted by molar-refractivity contribution is 0.126. The number of nitrogens with zero attached hydrogens (tertiary/aromatic N) is 1. The van der Waals surface area contributed by atoms with Crippen LogP contribution < -0.4 is 5.32 Å². The minimum atomic E-state index is 0.125. The Morgan fingerprint density at radius 2 is 2.06 bits per heavy atom. The minimum Gasteiger partial charge on any atom is -0.395 e. The highest BCUT2D eigenvalue weighted by molar-refractivity contribution is 6.35. The first-order valence-corrected chi connectivity index (χ1v) is 6.96. The van der Waals surface area contributed by atoms with Gasteiger partial charge in [-0.15, -0.1) is 0 Å². The van der Waals surface area contributed by atoms with E-state index in [0.29, 0.717) is 16.6 Å². The second kappa shape index (κ2) is 6.73. The molecule has 0 aliphatic carbocycles. The second-order valence-electron chi connectivity index (χ2n) is 4.56. The molecule has 1 fully saturated rings. The molecule has 0 amide bonds. The quantitative estimate of drug-likeness (QED) is 0.895. The van der Waals surface area contributed by atoms with Crippen LogP contribution in [0.15, 0.2) is 18.2 Å². The number of benzene rings is 1. The Labute approximate surface area is 118 Å². The molecule has 1 atom stereocenters. The summed E-state index contributed by atoms with van der Waals surface area (Å²) in [6.45, 7) is 3.57. The van der Waals surface area contributed by atoms with Crippen LogP contribution >= 0.6 is 23.2 Å². The molecule has 2 rings (SSSR count). The van der Waals surface area contributed by atoms with Crippen LogP contribution in [-0.4, -0.2) is 42.3 Å². The van der Waals surface area contributed by atoms with Crippen LogP contribution in [0, 0.1) is 0 Å². The first-order valence-electron chi connectivity index (χ1n) is 6.21. The minimum absolute atomic E-state index is 0.125. The van der Waals surface area contributed by atoms with E-state index in [-0.39, 0.29) is 12.6 Å². The molecule has 5 heteroatoms. The number of aliphatic hydroxyl groups excluding tert-OH is 1. The van der Waals surface area contributed by atoms with Gasteiger partial charge < -0.3 is 10.4 Å². The van der Waals surface area contributed by atoms with Gasteiger partial charge in [0.2, 0.25) is 0 Å². The SMILES string of the molecule is OCC1CNCCCN1Cc1c(Cl)cccc1Cl. The molecule has 0 aromatic heterocycles. The molecule has 1 aromatic rings. The number of halogens is 2. The summed E-state index contributed by atoms with van der Waals surface area (Å²) in [6.07, 6.45) is 1.07. The molecule has 0 radical (unpaired) electrons. The molecular weight excluding hydrogens is 271 g/mol. The van der Waals surface area contributed by atoms with E-state index in [1.807, 2.05) is 18.2 Å². The Hall–Kier alpha value is -0.320. The molecule has 1 saturated heterocycles. The van der Waals surface area contributed by atoms with Gasteiger partial charge in [-0.1, -0.05) is 29.3 Å². The fourth-order valence-electron chi connectivity index (χ4n) is 2.26. The number of aliphatic hydroxyl groups is 1. The monoisotopic (exact) mass is 288 g/mol. The van der Waals surface area contributed by atoms with Crippen molar-refractivity contribution in [2.24, 2.45) is 0 Å². The summed E-state index contributed by atoms with van der Waals surface area (Å²) in [5.74, 6) is 0. The van der Waals surface area contributed by atoms with Crippen LogP contribution in [0.2, 0.25) is 10.0 Å². The Balaban J connectivity index is 2.15. The third-order valence-corrected chi connectivity index (χ3v) is 4.04. The summed E-state index contributed by atoms with van der Waals surface area (Å²) in [5, 5.41) is 14.2.